The van der Waals surface area contributed by atoms with Crippen molar-refractivity contribution in [2.75, 3.05) is 6.54 Å². The molecule has 0 aliphatic heterocycles. The average Bonchev–Trinajstić information content (AvgIpc) is 2.95. The second-order valence-electron chi connectivity index (χ2n) is 4.96. The minimum Gasteiger partial charge on any atom is -0.309 e. The van der Waals surface area contributed by atoms with E-state index in [4.69, 9.17) is 0 Å². The number of halogens is 1. The molecule has 0 radical (unpaired) electrons. The Morgan fingerprint density at radius 3 is 3.21 bits per heavy atom. The van der Waals surface area contributed by atoms with E-state index in [0.717, 1.165) is 18.7 Å². The third-order valence-electron chi connectivity index (χ3n) is 3.48. The van der Waals surface area contributed by atoms with Crippen LogP contribution in [0.1, 0.15) is 40.0 Å². The average molecular weight is 404 g/mol. The summed E-state index contributed by atoms with van der Waals surface area (Å²) in [5.74, 6) is 0. The van der Waals surface area contributed by atoms with Gasteiger partial charge in [0.15, 0.2) is 0 Å². The van der Waals surface area contributed by atoms with Gasteiger partial charge in [0.1, 0.15) is 0 Å². The number of hydrogen-bond acceptors (Lipinski definition) is 4. The van der Waals surface area contributed by atoms with Crippen molar-refractivity contribution in [2.45, 2.75) is 38.6 Å². The SMILES string of the molecule is Cc1csc(CCNC2CCCc3sc(I)cc32)n1. The van der Waals surface area contributed by atoms with Gasteiger partial charge in [-0.25, -0.2) is 4.98 Å². The van der Waals surface area contributed by atoms with Gasteiger partial charge in [0.2, 0.25) is 0 Å². The largest absolute Gasteiger partial charge is 0.309 e. The van der Waals surface area contributed by atoms with Crippen LogP contribution >= 0.6 is 45.3 Å². The number of thiazole rings is 1. The maximum absolute atomic E-state index is 4.52. The second kappa shape index (κ2) is 6.20. The first-order chi connectivity index (χ1) is 9.22. The Morgan fingerprint density at radius 1 is 1.53 bits per heavy atom. The zero-order valence-corrected chi connectivity index (χ0v) is 14.7. The van der Waals surface area contributed by atoms with Gasteiger partial charge in [-0.1, -0.05) is 0 Å². The first-order valence-electron chi connectivity index (χ1n) is 6.65. The van der Waals surface area contributed by atoms with Crippen molar-refractivity contribution >= 4 is 45.3 Å². The van der Waals surface area contributed by atoms with Crippen molar-refractivity contribution in [3.8, 4) is 0 Å². The topological polar surface area (TPSA) is 24.9 Å². The first kappa shape index (κ1) is 14.0. The predicted octanol–water partition coefficient (Wildman–Crippen LogP) is 4.33. The van der Waals surface area contributed by atoms with E-state index in [1.807, 2.05) is 11.3 Å². The van der Waals surface area contributed by atoms with Gasteiger partial charge in [0.05, 0.1) is 7.89 Å². The van der Waals surface area contributed by atoms with Gasteiger partial charge in [0.25, 0.3) is 0 Å². The van der Waals surface area contributed by atoms with E-state index in [0.29, 0.717) is 6.04 Å². The lowest BCUT2D eigenvalue weighted by atomic mass is 9.94. The Balaban J connectivity index is 1.59. The highest BCUT2D eigenvalue weighted by atomic mass is 127. The van der Waals surface area contributed by atoms with Crippen molar-refractivity contribution < 1.29 is 0 Å². The van der Waals surface area contributed by atoms with Crippen LogP contribution in [0.3, 0.4) is 0 Å². The molecule has 0 spiro atoms. The number of nitrogens with one attached hydrogen (secondary N) is 1. The Labute approximate surface area is 135 Å². The van der Waals surface area contributed by atoms with Crippen LogP contribution in [0.4, 0.5) is 0 Å². The molecule has 2 aromatic heterocycles. The summed E-state index contributed by atoms with van der Waals surface area (Å²) in [4.78, 5) is 6.12. The van der Waals surface area contributed by atoms with Crippen molar-refractivity contribution in [3.05, 3.63) is 35.5 Å². The van der Waals surface area contributed by atoms with Crippen LogP contribution in [-0.4, -0.2) is 11.5 Å². The molecule has 5 heteroatoms. The number of aromatic nitrogens is 1. The smallest absolute Gasteiger partial charge is 0.0940 e. The minimum atomic E-state index is 0.560. The number of aryl methyl sites for hydroxylation is 2. The molecule has 0 aromatic carbocycles. The molecular formula is C14H17IN2S2. The Hall–Kier alpha value is 0.0200. The fourth-order valence-corrected chi connectivity index (χ4v) is 5.50. The van der Waals surface area contributed by atoms with Crippen molar-refractivity contribution in [1.82, 2.24) is 10.3 Å². The summed E-state index contributed by atoms with van der Waals surface area (Å²) in [5, 5.41) is 7.10. The zero-order chi connectivity index (χ0) is 13.2. The standard InChI is InChI=1S/C14H17IN2S2/c1-9-8-18-14(17-9)5-6-16-11-3-2-4-12-10(11)7-13(15)19-12/h7-8,11,16H,2-6H2,1H3. The van der Waals surface area contributed by atoms with E-state index < -0.39 is 0 Å². The molecule has 19 heavy (non-hydrogen) atoms. The summed E-state index contributed by atoms with van der Waals surface area (Å²) in [6.07, 6.45) is 4.91. The molecule has 0 saturated heterocycles. The molecule has 1 N–H and O–H groups in total. The van der Waals surface area contributed by atoms with E-state index in [-0.39, 0.29) is 0 Å². The number of rotatable bonds is 4. The van der Waals surface area contributed by atoms with Crippen LogP contribution < -0.4 is 5.32 Å². The molecule has 0 amide bonds. The summed E-state index contributed by atoms with van der Waals surface area (Å²) in [6.45, 7) is 3.09. The molecule has 0 saturated carbocycles. The van der Waals surface area contributed by atoms with Gasteiger partial charge in [-0.3, -0.25) is 0 Å². The number of hydrogen-bond donors (Lipinski definition) is 1. The quantitative estimate of drug-likeness (QED) is 0.768. The minimum absolute atomic E-state index is 0.560. The van der Waals surface area contributed by atoms with Gasteiger partial charge in [0, 0.05) is 35.0 Å². The monoisotopic (exact) mass is 404 g/mol. The number of fused-ring (bicyclic) bond motifs is 1. The Kier molecular flexibility index (Phi) is 4.56. The lowest BCUT2D eigenvalue weighted by molar-refractivity contribution is 0.466. The van der Waals surface area contributed by atoms with E-state index in [2.05, 4.69) is 51.3 Å². The normalized spacial score (nSPS) is 18.5. The van der Waals surface area contributed by atoms with E-state index in [9.17, 15) is 0 Å². The molecule has 0 fully saturated rings. The molecule has 3 rings (SSSR count). The van der Waals surface area contributed by atoms with Gasteiger partial charge < -0.3 is 5.32 Å². The van der Waals surface area contributed by atoms with Crippen molar-refractivity contribution in [2.24, 2.45) is 0 Å². The zero-order valence-electron chi connectivity index (χ0n) is 10.9. The highest BCUT2D eigenvalue weighted by Crippen LogP contribution is 2.36. The van der Waals surface area contributed by atoms with E-state index in [1.54, 1.807) is 21.8 Å². The molecule has 1 aliphatic rings. The van der Waals surface area contributed by atoms with Crippen LogP contribution in [0, 0.1) is 9.81 Å². The van der Waals surface area contributed by atoms with Crippen LogP contribution in [0.25, 0.3) is 0 Å². The van der Waals surface area contributed by atoms with Gasteiger partial charge in [-0.2, -0.15) is 0 Å². The highest BCUT2D eigenvalue weighted by Gasteiger charge is 2.21. The molecular weight excluding hydrogens is 387 g/mol. The third-order valence-corrected chi connectivity index (χ3v) is 6.48. The lowest BCUT2D eigenvalue weighted by Gasteiger charge is -2.23. The second-order valence-corrected chi connectivity index (χ2v) is 8.93. The Bertz CT molecular complexity index is 562. The summed E-state index contributed by atoms with van der Waals surface area (Å²) < 4.78 is 1.42. The maximum Gasteiger partial charge on any atom is 0.0940 e. The summed E-state index contributed by atoms with van der Waals surface area (Å²) in [5.41, 5.74) is 2.70. The lowest BCUT2D eigenvalue weighted by Crippen LogP contribution is -2.26. The highest BCUT2D eigenvalue weighted by molar-refractivity contribution is 14.1. The molecule has 2 heterocycles. The van der Waals surface area contributed by atoms with E-state index >= 15 is 0 Å². The van der Waals surface area contributed by atoms with Gasteiger partial charge in [-0.05, 0) is 60.4 Å². The number of thiophene rings is 1. The predicted molar refractivity (Wildman–Crippen MR) is 91.3 cm³/mol. The summed E-state index contributed by atoms with van der Waals surface area (Å²) >= 11 is 6.18. The van der Waals surface area contributed by atoms with Crippen molar-refractivity contribution in [3.63, 3.8) is 0 Å². The van der Waals surface area contributed by atoms with Crippen LogP contribution in [0.5, 0.6) is 0 Å². The first-order valence-corrected chi connectivity index (χ1v) is 9.42. The van der Waals surface area contributed by atoms with Crippen LogP contribution in [0.15, 0.2) is 11.4 Å². The third kappa shape index (κ3) is 3.37. The maximum atomic E-state index is 4.52. The molecule has 102 valence electrons. The van der Waals surface area contributed by atoms with E-state index in [1.165, 1.54) is 27.2 Å². The molecule has 1 unspecified atom stereocenters. The number of nitrogens with zero attached hydrogens (tertiary/aromatic N) is 1. The van der Waals surface area contributed by atoms with Gasteiger partial charge >= 0.3 is 0 Å². The van der Waals surface area contributed by atoms with Crippen molar-refractivity contribution in [1.29, 1.82) is 0 Å². The van der Waals surface area contributed by atoms with Gasteiger partial charge in [-0.15, -0.1) is 22.7 Å². The summed E-state index contributed by atoms with van der Waals surface area (Å²) in [7, 11) is 0. The fourth-order valence-electron chi connectivity index (χ4n) is 2.60. The Morgan fingerprint density at radius 2 is 2.42 bits per heavy atom. The van der Waals surface area contributed by atoms with Crippen LogP contribution in [0.2, 0.25) is 0 Å². The summed E-state index contributed by atoms with van der Waals surface area (Å²) in [6, 6.07) is 2.93. The molecule has 2 aromatic rings. The molecule has 1 atom stereocenters. The molecule has 1 aliphatic carbocycles. The molecule has 2 nitrogen and oxygen atoms in total. The molecule has 0 bridgehead atoms. The van der Waals surface area contributed by atoms with Crippen LogP contribution in [-0.2, 0) is 12.8 Å². The fraction of sp³-hybridized carbons (Fsp3) is 0.500.